The van der Waals surface area contributed by atoms with Gasteiger partial charge in [0.2, 0.25) is 0 Å². The van der Waals surface area contributed by atoms with Gasteiger partial charge in [-0.2, -0.15) is 0 Å². The Bertz CT molecular complexity index is 420. The Morgan fingerprint density at radius 2 is 2.20 bits per heavy atom. The minimum Gasteiger partial charge on any atom is -0.480 e. The average molecular weight is 298 g/mol. The van der Waals surface area contributed by atoms with Crippen LogP contribution in [-0.2, 0) is 11.3 Å². The van der Waals surface area contributed by atoms with Gasteiger partial charge in [0.05, 0.1) is 6.54 Å². The zero-order valence-electron chi connectivity index (χ0n) is 12.0. The van der Waals surface area contributed by atoms with Crippen LogP contribution < -0.4 is 5.32 Å². The zero-order valence-corrected chi connectivity index (χ0v) is 12.8. The van der Waals surface area contributed by atoms with Crippen LogP contribution in [0, 0.1) is 0 Å². The largest absolute Gasteiger partial charge is 0.480 e. The summed E-state index contributed by atoms with van der Waals surface area (Å²) in [6.45, 7) is 4.94. The molecule has 1 rings (SSSR count). The molecule has 0 aliphatic heterocycles. The van der Waals surface area contributed by atoms with Gasteiger partial charge >= 0.3 is 12.0 Å². The molecule has 0 aliphatic carbocycles. The molecule has 0 saturated heterocycles. The van der Waals surface area contributed by atoms with E-state index in [9.17, 15) is 9.59 Å². The van der Waals surface area contributed by atoms with Crippen molar-refractivity contribution in [3.8, 4) is 0 Å². The molecule has 1 unspecified atom stereocenters. The van der Waals surface area contributed by atoms with Gasteiger partial charge in [0.15, 0.2) is 0 Å². The minimum atomic E-state index is -0.973. The van der Waals surface area contributed by atoms with Crippen molar-refractivity contribution in [2.24, 2.45) is 0 Å². The van der Waals surface area contributed by atoms with E-state index in [1.165, 1.54) is 0 Å². The number of carboxylic acids is 1. The van der Waals surface area contributed by atoms with E-state index in [0.29, 0.717) is 19.5 Å². The number of nitrogens with one attached hydrogen (secondary N) is 1. The van der Waals surface area contributed by atoms with Gasteiger partial charge in [0.25, 0.3) is 0 Å². The molecule has 0 spiro atoms. The third-order valence-electron chi connectivity index (χ3n) is 3.04. The van der Waals surface area contributed by atoms with E-state index in [1.54, 1.807) is 16.2 Å². The highest BCUT2D eigenvalue weighted by Crippen LogP contribution is 2.12. The number of urea groups is 1. The van der Waals surface area contributed by atoms with E-state index in [2.05, 4.69) is 5.32 Å². The van der Waals surface area contributed by atoms with E-state index in [-0.39, 0.29) is 6.03 Å². The molecular weight excluding hydrogens is 276 g/mol. The molecular formula is C14H22N2O3S. The Kier molecular flexibility index (Phi) is 7.08. The number of carbonyl (C=O) groups excluding carboxylic acids is 1. The molecule has 2 amide bonds. The summed E-state index contributed by atoms with van der Waals surface area (Å²) in [5, 5.41) is 13.7. The first-order valence-electron chi connectivity index (χ1n) is 6.89. The third-order valence-corrected chi connectivity index (χ3v) is 3.90. The number of rotatable bonds is 8. The van der Waals surface area contributed by atoms with Crippen LogP contribution in [0.15, 0.2) is 17.5 Å². The van der Waals surface area contributed by atoms with Crippen LogP contribution in [0.2, 0.25) is 0 Å². The molecule has 0 aromatic carbocycles. The molecule has 0 fully saturated rings. The van der Waals surface area contributed by atoms with Crippen LogP contribution in [0.1, 0.15) is 38.0 Å². The molecule has 1 atom stereocenters. The lowest BCUT2D eigenvalue weighted by molar-refractivity contribution is -0.139. The van der Waals surface area contributed by atoms with Crippen molar-refractivity contribution >= 4 is 23.3 Å². The predicted molar refractivity (Wildman–Crippen MR) is 79.9 cm³/mol. The first-order valence-corrected chi connectivity index (χ1v) is 7.77. The molecule has 0 bridgehead atoms. The van der Waals surface area contributed by atoms with Gasteiger partial charge in [-0.15, -0.1) is 11.3 Å². The number of amides is 2. The molecule has 5 nitrogen and oxygen atoms in total. The Hall–Kier alpha value is -1.56. The lowest BCUT2D eigenvalue weighted by Gasteiger charge is -2.23. The van der Waals surface area contributed by atoms with Gasteiger partial charge in [-0.3, -0.25) is 0 Å². The van der Waals surface area contributed by atoms with Crippen LogP contribution in [0.5, 0.6) is 0 Å². The van der Waals surface area contributed by atoms with Crippen molar-refractivity contribution in [3.05, 3.63) is 22.4 Å². The average Bonchev–Trinajstić information content (AvgIpc) is 2.93. The molecule has 112 valence electrons. The van der Waals surface area contributed by atoms with E-state index in [0.717, 1.165) is 17.7 Å². The monoisotopic (exact) mass is 298 g/mol. The molecule has 0 radical (unpaired) electrons. The number of nitrogens with zero attached hydrogens (tertiary/aromatic N) is 1. The lowest BCUT2D eigenvalue weighted by atomic mass is 10.1. The fraction of sp³-hybridized carbons (Fsp3) is 0.571. The van der Waals surface area contributed by atoms with Gasteiger partial charge in [-0.25, -0.2) is 9.59 Å². The van der Waals surface area contributed by atoms with E-state index in [1.807, 2.05) is 31.4 Å². The van der Waals surface area contributed by atoms with Crippen molar-refractivity contribution in [3.63, 3.8) is 0 Å². The van der Waals surface area contributed by atoms with Gasteiger partial charge in [-0.05, 0) is 24.8 Å². The number of thiophene rings is 1. The normalized spacial score (nSPS) is 11.9. The summed E-state index contributed by atoms with van der Waals surface area (Å²) in [5.74, 6) is -0.973. The molecule has 2 N–H and O–H groups in total. The van der Waals surface area contributed by atoms with E-state index < -0.39 is 12.0 Å². The molecule has 1 aromatic heterocycles. The Balaban J connectivity index is 2.58. The molecule has 0 aliphatic rings. The van der Waals surface area contributed by atoms with Crippen molar-refractivity contribution < 1.29 is 14.7 Å². The number of hydrogen-bond donors (Lipinski definition) is 2. The van der Waals surface area contributed by atoms with Gasteiger partial charge in [0, 0.05) is 11.4 Å². The molecule has 1 heterocycles. The Morgan fingerprint density at radius 1 is 1.45 bits per heavy atom. The van der Waals surface area contributed by atoms with Gasteiger partial charge in [0.1, 0.15) is 6.04 Å². The highest BCUT2D eigenvalue weighted by molar-refractivity contribution is 7.09. The lowest BCUT2D eigenvalue weighted by Crippen LogP contribution is -2.47. The SMILES string of the molecule is CCCCC(NC(=O)N(CC)Cc1cccs1)C(=O)O. The molecule has 0 saturated carbocycles. The predicted octanol–water partition coefficient (Wildman–Crippen LogP) is 2.92. The second-order valence-electron chi connectivity index (χ2n) is 4.58. The maximum absolute atomic E-state index is 12.1. The summed E-state index contributed by atoms with van der Waals surface area (Å²) >= 11 is 1.59. The van der Waals surface area contributed by atoms with Crippen LogP contribution in [0.25, 0.3) is 0 Å². The summed E-state index contributed by atoms with van der Waals surface area (Å²) in [7, 11) is 0. The Morgan fingerprint density at radius 3 is 2.70 bits per heavy atom. The fourth-order valence-corrected chi connectivity index (χ4v) is 2.54. The topological polar surface area (TPSA) is 69.6 Å². The van der Waals surface area contributed by atoms with E-state index in [4.69, 9.17) is 5.11 Å². The zero-order chi connectivity index (χ0) is 15.0. The standard InChI is InChI=1S/C14H22N2O3S/c1-3-5-8-12(13(17)18)15-14(19)16(4-2)10-11-7-6-9-20-11/h6-7,9,12H,3-5,8,10H2,1-2H3,(H,15,19)(H,17,18). The maximum atomic E-state index is 12.1. The summed E-state index contributed by atoms with van der Waals surface area (Å²) < 4.78 is 0. The fourth-order valence-electron chi connectivity index (χ4n) is 1.82. The molecule has 6 heteroatoms. The summed E-state index contributed by atoms with van der Waals surface area (Å²) in [6, 6.07) is 2.78. The van der Waals surface area contributed by atoms with Crippen LogP contribution >= 0.6 is 11.3 Å². The number of unbranched alkanes of at least 4 members (excludes halogenated alkanes) is 1. The molecule has 20 heavy (non-hydrogen) atoms. The van der Waals surface area contributed by atoms with Crippen molar-refractivity contribution in [2.45, 2.75) is 45.7 Å². The van der Waals surface area contributed by atoms with Crippen molar-refractivity contribution in [2.75, 3.05) is 6.54 Å². The van der Waals surface area contributed by atoms with Crippen LogP contribution in [-0.4, -0.2) is 34.6 Å². The maximum Gasteiger partial charge on any atom is 0.326 e. The van der Waals surface area contributed by atoms with Crippen LogP contribution in [0.4, 0.5) is 4.79 Å². The second-order valence-corrected chi connectivity index (χ2v) is 5.61. The summed E-state index contributed by atoms with van der Waals surface area (Å²) in [6.07, 6.45) is 2.16. The van der Waals surface area contributed by atoms with E-state index >= 15 is 0 Å². The number of carboxylic acid groups (broad SMARTS) is 1. The highest BCUT2D eigenvalue weighted by atomic mass is 32.1. The quantitative estimate of drug-likeness (QED) is 0.775. The smallest absolute Gasteiger partial charge is 0.326 e. The first-order chi connectivity index (χ1) is 9.58. The number of carbonyl (C=O) groups is 2. The first kappa shape index (κ1) is 16.5. The van der Waals surface area contributed by atoms with Crippen LogP contribution in [0.3, 0.4) is 0 Å². The Labute approximate surface area is 123 Å². The minimum absolute atomic E-state index is 0.315. The third kappa shape index (κ3) is 5.21. The highest BCUT2D eigenvalue weighted by Gasteiger charge is 2.22. The van der Waals surface area contributed by atoms with Gasteiger partial charge < -0.3 is 15.3 Å². The molecule has 1 aromatic rings. The van der Waals surface area contributed by atoms with Crippen molar-refractivity contribution in [1.82, 2.24) is 10.2 Å². The second kappa shape index (κ2) is 8.58. The number of aliphatic carboxylic acids is 1. The van der Waals surface area contributed by atoms with Crippen molar-refractivity contribution in [1.29, 1.82) is 0 Å². The van der Waals surface area contributed by atoms with Gasteiger partial charge in [-0.1, -0.05) is 25.8 Å². The summed E-state index contributed by atoms with van der Waals surface area (Å²) in [5.41, 5.74) is 0. The number of hydrogen-bond acceptors (Lipinski definition) is 3. The summed E-state index contributed by atoms with van der Waals surface area (Å²) in [4.78, 5) is 26.0.